The fraction of sp³-hybridized carbons (Fsp3) is 0.684. The van der Waals surface area contributed by atoms with Crippen LogP contribution in [0.2, 0.25) is 0 Å². The first-order valence-electron chi connectivity index (χ1n) is 10.2. The summed E-state index contributed by atoms with van der Waals surface area (Å²) < 4.78 is 28.9. The van der Waals surface area contributed by atoms with Crippen LogP contribution in [0.25, 0.3) is 5.65 Å². The first-order valence-corrected chi connectivity index (χ1v) is 11.6. The summed E-state index contributed by atoms with van der Waals surface area (Å²) in [6.45, 7) is 3.39. The molecule has 1 atom stereocenters. The molecule has 3 heterocycles. The largest absolute Gasteiger partial charge is 0.350 e. The molecule has 2 aliphatic rings. The van der Waals surface area contributed by atoms with Crippen molar-refractivity contribution >= 4 is 21.6 Å². The Kier molecular flexibility index (Phi) is 5.36. The lowest BCUT2D eigenvalue weighted by Crippen LogP contribution is -2.35. The van der Waals surface area contributed by atoms with Crippen LogP contribution in [0.5, 0.6) is 0 Å². The second-order valence-electron chi connectivity index (χ2n) is 7.90. The smallest absolute Gasteiger partial charge is 0.244 e. The van der Waals surface area contributed by atoms with Gasteiger partial charge in [0, 0.05) is 19.1 Å². The summed E-state index contributed by atoms with van der Waals surface area (Å²) >= 11 is 0. The van der Waals surface area contributed by atoms with Gasteiger partial charge in [0.1, 0.15) is 4.90 Å². The summed E-state index contributed by atoms with van der Waals surface area (Å²) in [6.07, 6.45) is 11.0. The van der Waals surface area contributed by atoms with Gasteiger partial charge >= 0.3 is 0 Å². The van der Waals surface area contributed by atoms with E-state index >= 15 is 0 Å². The van der Waals surface area contributed by atoms with Crippen molar-refractivity contribution in [3.63, 3.8) is 0 Å². The van der Waals surface area contributed by atoms with Crippen LogP contribution in [0.4, 0.5) is 5.95 Å². The van der Waals surface area contributed by atoms with E-state index in [9.17, 15) is 8.42 Å². The molecule has 1 aliphatic carbocycles. The quantitative estimate of drug-likeness (QED) is 0.846. The zero-order chi connectivity index (χ0) is 18.9. The predicted molar refractivity (Wildman–Crippen MR) is 105 cm³/mol. The Bertz CT molecular complexity index is 883. The number of nitrogens with one attached hydrogen (secondary N) is 1. The van der Waals surface area contributed by atoms with Crippen molar-refractivity contribution in [2.24, 2.45) is 5.92 Å². The van der Waals surface area contributed by atoms with E-state index in [-0.39, 0.29) is 4.90 Å². The minimum atomic E-state index is -3.46. The maximum Gasteiger partial charge on any atom is 0.244 e. The molecule has 2 aromatic rings. The maximum absolute atomic E-state index is 12.9. The molecule has 2 aromatic heterocycles. The van der Waals surface area contributed by atoms with Crippen LogP contribution < -0.4 is 5.32 Å². The highest BCUT2D eigenvalue weighted by Crippen LogP contribution is 2.28. The lowest BCUT2D eigenvalue weighted by molar-refractivity contribution is 0.327. The summed E-state index contributed by atoms with van der Waals surface area (Å²) in [7, 11) is -3.46. The first kappa shape index (κ1) is 18.7. The van der Waals surface area contributed by atoms with Crippen molar-refractivity contribution in [3.8, 4) is 0 Å². The number of pyridine rings is 1. The van der Waals surface area contributed by atoms with Crippen LogP contribution in [-0.2, 0) is 10.0 Å². The molecular weight excluding hydrogens is 362 g/mol. The zero-order valence-electron chi connectivity index (χ0n) is 16.0. The summed E-state index contributed by atoms with van der Waals surface area (Å²) in [5, 5.41) is 7.90. The molecule has 1 saturated heterocycles. The molecule has 8 heteroatoms. The van der Waals surface area contributed by atoms with Crippen molar-refractivity contribution in [2.75, 3.05) is 18.4 Å². The summed E-state index contributed by atoms with van der Waals surface area (Å²) in [5.41, 5.74) is 0.658. The highest BCUT2D eigenvalue weighted by atomic mass is 32.2. The molecule has 1 saturated carbocycles. The van der Waals surface area contributed by atoms with Crippen LogP contribution >= 0.6 is 0 Å². The average Bonchev–Trinajstić information content (AvgIpc) is 3.10. The molecule has 0 spiro atoms. The molecule has 0 radical (unpaired) electrons. The Balaban J connectivity index is 1.53. The van der Waals surface area contributed by atoms with Gasteiger partial charge in [-0.25, -0.2) is 12.9 Å². The van der Waals surface area contributed by atoms with Crippen molar-refractivity contribution in [1.29, 1.82) is 0 Å². The van der Waals surface area contributed by atoms with E-state index in [2.05, 4.69) is 22.3 Å². The van der Waals surface area contributed by atoms with Crippen molar-refractivity contribution < 1.29 is 8.42 Å². The number of aromatic nitrogens is 3. The predicted octanol–water partition coefficient (Wildman–Crippen LogP) is 3.28. The van der Waals surface area contributed by atoms with Gasteiger partial charge in [0.2, 0.25) is 16.0 Å². The van der Waals surface area contributed by atoms with Crippen LogP contribution in [0, 0.1) is 5.92 Å². The number of hydrogen-bond donors (Lipinski definition) is 1. The van der Waals surface area contributed by atoms with Gasteiger partial charge in [-0.1, -0.05) is 25.7 Å². The van der Waals surface area contributed by atoms with E-state index in [1.54, 1.807) is 27.2 Å². The van der Waals surface area contributed by atoms with Crippen LogP contribution in [0.3, 0.4) is 0 Å². The molecular formula is C19H29N5O2S. The monoisotopic (exact) mass is 391 g/mol. The molecule has 7 nitrogen and oxygen atoms in total. The van der Waals surface area contributed by atoms with Gasteiger partial charge in [-0.15, -0.1) is 5.10 Å². The Morgan fingerprint density at radius 3 is 2.52 bits per heavy atom. The number of anilines is 1. The Morgan fingerprint density at radius 2 is 1.78 bits per heavy atom. The maximum atomic E-state index is 12.9. The molecule has 0 amide bonds. The Hall–Kier alpha value is -1.67. The minimum Gasteiger partial charge on any atom is -0.350 e. The van der Waals surface area contributed by atoms with E-state index in [0.29, 0.717) is 36.6 Å². The van der Waals surface area contributed by atoms with Crippen molar-refractivity contribution in [3.05, 3.63) is 18.3 Å². The molecule has 2 fully saturated rings. The van der Waals surface area contributed by atoms with Crippen LogP contribution in [0.1, 0.15) is 58.3 Å². The van der Waals surface area contributed by atoms with Crippen LogP contribution in [0.15, 0.2) is 23.2 Å². The standard InChI is InChI=1S/C19H29N5O2S/c1-15(16-8-4-2-5-9-16)20-19-21-18-11-10-17(14-24(18)22-19)27(25,26)23-12-6-3-7-13-23/h10-11,14-16H,2-9,12-13H2,1H3,(H,20,22)/t15-/m0/s1. The summed E-state index contributed by atoms with van der Waals surface area (Å²) in [4.78, 5) is 4.80. The molecule has 0 unspecified atom stereocenters. The number of nitrogens with zero attached hydrogens (tertiary/aromatic N) is 4. The van der Waals surface area contributed by atoms with E-state index in [1.165, 1.54) is 32.1 Å². The highest BCUT2D eigenvalue weighted by Gasteiger charge is 2.27. The van der Waals surface area contributed by atoms with Crippen molar-refractivity contribution in [1.82, 2.24) is 18.9 Å². The molecule has 148 valence electrons. The summed E-state index contributed by atoms with van der Waals surface area (Å²) in [6, 6.07) is 3.70. The Morgan fingerprint density at radius 1 is 1.07 bits per heavy atom. The van der Waals surface area contributed by atoms with Gasteiger partial charge in [-0.05, 0) is 50.7 Å². The van der Waals surface area contributed by atoms with Crippen LogP contribution in [-0.4, -0.2) is 46.5 Å². The molecule has 0 bridgehead atoms. The lowest BCUT2D eigenvalue weighted by atomic mass is 9.85. The highest BCUT2D eigenvalue weighted by molar-refractivity contribution is 7.89. The number of fused-ring (bicyclic) bond motifs is 1. The second-order valence-corrected chi connectivity index (χ2v) is 9.84. The first-order chi connectivity index (χ1) is 13.0. The van der Waals surface area contributed by atoms with E-state index < -0.39 is 10.0 Å². The summed E-state index contributed by atoms with van der Waals surface area (Å²) in [5.74, 6) is 1.22. The minimum absolute atomic E-state index is 0.286. The van der Waals surface area contributed by atoms with Gasteiger partial charge in [0.05, 0.1) is 6.20 Å². The second kappa shape index (κ2) is 7.75. The van der Waals surface area contributed by atoms with E-state index in [4.69, 9.17) is 0 Å². The molecule has 1 N–H and O–H groups in total. The number of rotatable bonds is 5. The topological polar surface area (TPSA) is 79.6 Å². The third-order valence-electron chi connectivity index (χ3n) is 5.97. The normalized spacial score (nSPS) is 21.4. The van der Waals surface area contributed by atoms with Gasteiger partial charge in [0.25, 0.3) is 0 Å². The van der Waals surface area contributed by atoms with Gasteiger partial charge in [-0.2, -0.15) is 9.29 Å². The number of piperidine rings is 1. The van der Waals surface area contributed by atoms with Gasteiger partial charge in [0.15, 0.2) is 5.65 Å². The Labute approximate surface area is 161 Å². The SMILES string of the molecule is C[C@H](Nc1nc2ccc(S(=O)(=O)N3CCCCC3)cn2n1)C1CCCCC1. The van der Waals surface area contributed by atoms with Gasteiger partial charge in [-0.3, -0.25) is 0 Å². The zero-order valence-corrected chi connectivity index (χ0v) is 16.8. The number of hydrogen-bond acceptors (Lipinski definition) is 5. The number of sulfonamides is 1. The molecule has 27 heavy (non-hydrogen) atoms. The lowest BCUT2D eigenvalue weighted by Gasteiger charge is -2.27. The van der Waals surface area contributed by atoms with E-state index in [0.717, 1.165) is 19.3 Å². The third kappa shape index (κ3) is 3.96. The average molecular weight is 392 g/mol. The fourth-order valence-corrected chi connectivity index (χ4v) is 5.80. The van der Waals surface area contributed by atoms with Gasteiger partial charge < -0.3 is 5.32 Å². The molecule has 4 rings (SSSR count). The van der Waals surface area contributed by atoms with Crippen molar-refractivity contribution in [2.45, 2.75) is 69.2 Å². The fourth-order valence-electron chi connectivity index (χ4n) is 4.29. The van der Waals surface area contributed by atoms with E-state index in [1.807, 2.05) is 0 Å². The molecule has 1 aliphatic heterocycles. The third-order valence-corrected chi connectivity index (χ3v) is 7.85. The molecule has 0 aromatic carbocycles.